The Morgan fingerprint density at radius 2 is 2.20 bits per heavy atom. The lowest BCUT2D eigenvalue weighted by Crippen LogP contribution is -2.20. The molecule has 0 saturated carbocycles. The van der Waals surface area contributed by atoms with Crippen LogP contribution in [0.2, 0.25) is 0 Å². The van der Waals surface area contributed by atoms with Crippen LogP contribution < -0.4 is 0 Å². The number of hydrogen-bond donors (Lipinski definition) is 1. The molecule has 0 spiro atoms. The molecule has 0 saturated heterocycles. The third-order valence-corrected chi connectivity index (χ3v) is 2.57. The largest absolute Gasteiger partial charge is 0.481 e. The zero-order valence-corrected chi connectivity index (χ0v) is 10.8. The maximum atomic E-state index is 11.9. The Kier molecular flexibility index (Phi) is 5.86. The van der Waals surface area contributed by atoms with Gasteiger partial charge in [-0.1, -0.05) is 13.3 Å². The van der Waals surface area contributed by atoms with Gasteiger partial charge < -0.3 is 9.84 Å². The van der Waals surface area contributed by atoms with E-state index in [0.29, 0.717) is 6.42 Å². The Morgan fingerprint density at radius 1 is 1.50 bits per heavy atom. The van der Waals surface area contributed by atoms with Crippen molar-refractivity contribution >= 4 is 5.97 Å². The number of halogens is 3. The Hall–Kier alpha value is -1.71. The molecule has 0 radical (unpaired) electrons. The number of hydrogen-bond acceptors (Lipinski definition) is 5. The number of aromatic nitrogens is 4. The van der Waals surface area contributed by atoms with Gasteiger partial charge in [-0.15, -0.1) is 5.10 Å². The first kappa shape index (κ1) is 16.3. The molecule has 1 aromatic rings. The first-order valence-corrected chi connectivity index (χ1v) is 5.93. The van der Waals surface area contributed by atoms with Crippen molar-refractivity contribution in [2.75, 3.05) is 6.61 Å². The molecular formula is C10H15F3N4O3. The number of carbonyl (C=O) groups is 1. The van der Waals surface area contributed by atoms with Crippen molar-refractivity contribution in [1.82, 2.24) is 20.2 Å². The van der Waals surface area contributed by atoms with E-state index in [1.54, 1.807) is 0 Å². The molecule has 1 rings (SSSR count). The van der Waals surface area contributed by atoms with Crippen LogP contribution in [-0.4, -0.2) is 44.1 Å². The highest BCUT2D eigenvalue weighted by atomic mass is 19.4. The van der Waals surface area contributed by atoms with Crippen molar-refractivity contribution in [1.29, 1.82) is 0 Å². The molecule has 1 N–H and O–H groups in total. The monoisotopic (exact) mass is 296 g/mol. The summed E-state index contributed by atoms with van der Waals surface area (Å²) >= 11 is 0. The summed E-state index contributed by atoms with van der Waals surface area (Å²) in [5, 5.41) is 19.3. The van der Waals surface area contributed by atoms with E-state index in [1.807, 2.05) is 6.92 Å². The van der Waals surface area contributed by atoms with Crippen LogP contribution in [0.1, 0.15) is 25.6 Å². The molecule has 0 aromatic carbocycles. The highest BCUT2D eigenvalue weighted by Gasteiger charge is 2.27. The first-order chi connectivity index (χ1) is 9.31. The van der Waals surface area contributed by atoms with Gasteiger partial charge in [0.2, 0.25) is 0 Å². The predicted molar refractivity (Wildman–Crippen MR) is 59.6 cm³/mol. The summed E-state index contributed by atoms with van der Waals surface area (Å²) < 4.78 is 41.6. The second kappa shape index (κ2) is 7.17. The van der Waals surface area contributed by atoms with E-state index in [0.717, 1.165) is 0 Å². The summed E-state index contributed by atoms with van der Waals surface area (Å²) in [6.07, 6.45) is -3.87. The highest BCUT2D eigenvalue weighted by molar-refractivity contribution is 5.66. The number of ether oxygens (including phenoxy) is 1. The Bertz CT molecular complexity index is 436. The average molecular weight is 296 g/mol. The quantitative estimate of drug-likeness (QED) is 0.776. The topological polar surface area (TPSA) is 90.1 Å². The van der Waals surface area contributed by atoms with Gasteiger partial charge in [-0.2, -0.15) is 13.2 Å². The van der Waals surface area contributed by atoms with Crippen molar-refractivity contribution < 1.29 is 27.8 Å². The normalized spacial score (nSPS) is 13.4. The number of carboxylic acids is 1. The third-order valence-electron chi connectivity index (χ3n) is 2.57. The van der Waals surface area contributed by atoms with Gasteiger partial charge in [-0.25, -0.2) is 4.68 Å². The van der Waals surface area contributed by atoms with Crippen molar-refractivity contribution in [3.05, 3.63) is 5.82 Å². The molecule has 114 valence electrons. The summed E-state index contributed by atoms with van der Waals surface area (Å²) in [7, 11) is 0. The fraction of sp³-hybridized carbons (Fsp3) is 0.800. The molecule has 20 heavy (non-hydrogen) atoms. The summed E-state index contributed by atoms with van der Waals surface area (Å²) in [5.41, 5.74) is 0. The van der Waals surface area contributed by atoms with Crippen molar-refractivity contribution in [3.63, 3.8) is 0 Å². The molecule has 0 aliphatic carbocycles. The van der Waals surface area contributed by atoms with Crippen molar-refractivity contribution in [2.45, 2.75) is 39.1 Å². The molecular weight excluding hydrogens is 281 g/mol. The molecule has 1 atom stereocenters. The van der Waals surface area contributed by atoms with Crippen molar-refractivity contribution in [3.8, 4) is 0 Å². The zero-order chi connectivity index (χ0) is 15.2. The number of nitrogens with zero attached hydrogens (tertiary/aromatic N) is 4. The van der Waals surface area contributed by atoms with Crippen LogP contribution in [0, 0.1) is 5.92 Å². The predicted octanol–water partition coefficient (Wildman–Crippen LogP) is 1.25. The smallest absolute Gasteiger partial charge is 0.411 e. The van der Waals surface area contributed by atoms with Gasteiger partial charge in [0.15, 0.2) is 5.82 Å². The van der Waals surface area contributed by atoms with Gasteiger partial charge in [0.25, 0.3) is 0 Å². The van der Waals surface area contributed by atoms with E-state index in [-0.39, 0.29) is 31.3 Å². The summed E-state index contributed by atoms with van der Waals surface area (Å²) in [5.74, 6) is -1.00. The number of aliphatic carboxylic acids is 1. The molecule has 1 unspecified atom stereocenters. The van der Waals surface area contributed by atoms with Crippen LogP contribution in [0.25, 0.3) is 0 Å². The molecule has 0 aliphatic rings. The van der Waals surface area contributed by atoms with Crippen LogP contribution in [0.3, 0.4) is 0 Å². The minimum Gasteiger partial charge on any atom is -0.481 e. The van der Waals surface area contributed by atoms with Crippen LogP contribution >= 0.6 is 0 Å². The lowest BCUT2D eigenvalue weighted by molar-refractivity contribution is -0.177. The first-order valence-electron chi connectivity index (χ1n) is 5.93. The molecule has 0 aliphatic heterocycles. The minimum atomic E-state index is -4.41. The molecule has 0 fully saturated rings. The molecule has 1 heterocycles. The van der Waals surface area contributed by atoms with Crippen LogP contribution in [-0.2, 0) is 22.7 Å². The summed E-state index contributed by atoms with van der Waals surface area (Å²) in [6, 6.07) is 0. The SMILES string of the molecule is CCC(CC(=O)O)Cn1nnnc1COCC(F)(F)F. The average Bonchev–Trinajstić information content (AvgIpc) is 2.73. The lowest BCUT2D eigenvalue weighted by Gasteiger charge is -2.13. The van der Waals surface area contributed by atoms with E-state index < -0.39 is 18.8 Å². The number of rotatable bonds is 8. The van der Waals surface area contributed by atoms with Gasteiger partial charge in [-0.3, -0.25) is 4.79 Å². The van der Waals surface area contributed by atoms with Gasteiger partial charge in [-0.05, 0) is 16.3 Å². The number of alkyl halides is 3. The lowest BCUT2D eigenvalue weighted by atomic mass is 10.0. The van der Waals surface area contributed by atoms with Gasteiger partial charge >= 0.3 is 12.1 Å². The third kappa shape index (κ3) is 5.95. The van der Waals surface area contributed by atoms with Crippen LogP contribution in [0.4, 0.5) is 13.2 Å². The standard InChI is InChI=1S/C10H15F3N4O3/c1-2-7(3-9(18)19)4-17-8(14-15-16-17)5-20-6-10(11,12)13/h7H,2-6H2,1H3,(H,18,19). The van der Waals surface area contributed by atoms with E-state index in [2.05, 4.69) is 20.3 Å². The van der Waals surface area contributed by atoms with Gasteiger partial charge in [0.05, 0.1) is 0 Å². The maximum Gasteiger partial charge on any atom is 0.411 e. The summed E-state index contributed by atoms with van der Waals surface area (Å²) in [4.78, 5) is 10.7. The van der Waals surface area contributed by atoms with Gasteiger partial charge in [0.1, 0.15) is 13.2 Å². The molecule has 10 heteroatoms. The maximum absolute atomic E-state index is 11.9. The number of carboxylic acid groups (broad SMARTS) is 1. The highest BCUT2D eigenvalue weighted by Crippen LogP contribution is 2.16. The van der Waals surface area contributed by atoms with E-state index in [9.17, 15) is 18.0 Å². The van der Waals surface area contributed by atoms with E-state index in [4.69, 9.17) is 5.11 Å². The second-order valence-electron chi connectivity index (χ2n) is 4.26. The zero-order valence-electron chi connectivity index (χ0n) is 10.8. The van der Waals surface area contributed by atoms with Crippen LogP contribution in [0.5, 0.6) is 0 Å². The fourth-order valence-electron chi connectivity index (χ4n) is 1.56. The second-order valence-corrected chi connectivity index (χ2v) is 4.26. The summed E-state index contributed by atoms with van der Waals surface area (Å²) in [6.45, 7) is 0.278. The minimum absolute atomic E-state index is 0.0563. The van der Waals surface area contributed by atoms with E-state index >= 15 is 0 Å². The number of tetrazole rings is 1. The van der Waals surface area contributed by atoms with E-state index in [1.165, 1.54) is 4.68 Å². The molecule has 0 bridgehead atoms. The molecule has 0 amide bonds. The fourth-order valence-corrected chi connectivity index (χ4v) is 1.56. The Morgan fingerprint density at radius 3 is 2.75 bits per heavy atom. The Balaban J connectivity index is 2.55. The van der Waals surface area contributed by atoms with Gasteiger partial charge in [0, 0.05) is 13.0 Å². The molecule has 1 aromatic heterocycles. The van der Waals surface area contributed by atoms with Crippen LogP contribution in [0.15, 0.2) is 0 Å². The van der Waals surface area contributed by atoms with Crippen molar-refractivity contribution in [2.24, 2.45) is 5.92 Å². The Labute approximate surface area is 112 Å². The molecule has 7 nitrogen and oxygen atoms in total.